The van der Waals surface area contributed by atoms with E-state index in [9.17, 15) is 18.0 Å². The van der Waals surface area contributed by atoms with Gasteiger partial charge in [0.25, 0.3) is 0 Å². The monoisotopic (exact) mass is 236 g/mol. The van der Waals surface area contributed by atoms with Gasteiger partial charge in [0.05, 0.1) is 12.5 Å². The van der Waals surface area contributed by atoms with E-state index >= 15 is 0 Å². The first-order valence-electron chi connectivity index (χ1n) is 4.57. The Morgan fingerprint density at radius 2 is 2.19 bits per heavy atom. The van der Waals surface area contributed by atoms with Gasteiger partial charge in [0.2, 0.25) is 0 Å². The predicted octanol–water partition coefficient (Wildman–Crippen LogP) is 2.25. The van der Waals surface area contributed by atoms with Gasteiger partial charge in [0.15, 0.2) is 5.69 Å². The minimum absolute atomic E-state index is 0.264. The maximum Gasteiger partial charge on any atom is 0.435 e. The van der Waals surface area contributed by atoms with Crippen molar-refractivity contribution in [2.24, 2.45) is 0 Å². The lowest BCUT2D eigenvalue weighted by Crippen LogP contribution is -2.14. The Hall–Kier alpha value is -1.53. The molecule has 1 aromatic rings. The van der Waals surface area contributed by atoms with Crippen molar-refractivity contribution in [2.75, 3.05) is 0 Å². The molecule has 1 N–H and O–H groups in total. The number of halogens is 3. The molecule has 16 heavy (non-hydrogen) atoms. The Kier molecular flexibility index (Phi) is 3.25. The van der Waals surface area contributed by atoms with Crippen LogP contribution < -0.4 is 0 Å². The van der Waals surface area contributed by atoms with Crippen molar-refractivity contribution in [1.29, 1.82) is 0 Å². The van der Waals surface area contributed by atoms with Gasteiger partial charge in [0.1, 0.15) is 0 Å². The fourth-order valence-corrected chi connectivity index (χ4v) is 1.41. The number of carboxylic acids is 1. The molecule has 1 atom stereocenters. The highest BCUT2D eigenvalue weighted by Crippen LogP contribution is 2.29. The van der Waals surface area contributed by atoms with E-state index in [1.165, 1.54) is 13.8 Å². The molecule has 0 saturated carbocycles. The second kappa shape index (κ2) is 4.15. The first-order chi connectivity index (χ1) is 7.21. The van der Waals surface area contributed by atoms with Crippen LogP contribution in [0.4, 0.5) is 13.2 Å². The third-order valence-electron chi connectivity index (χ3n) is 2.10. The molecular formula is C9H11F3N2O2. The minimum atomic E-state index is -4.50. The van der Waals surface area contributed by atoms with E-state index in [0.29, 0.717) is 5.69 Å². The largest absolute Gasteiger partial charge is 0.481 e. The Labute approximate surface area is 89.7 Å². The SMILES string of the molecule is Cc1cc(C(F)(F)F)nn1[C@H](C)CC(=O)O. The third-order valence-corrected chi connectivity index (χ3v) is 2.10. The maximum atomic E-state index is 12.3. The summed E-state index contributed by atoms with van der Waals surface area (Å²) in [5.74, 6) is -1.07. The Balaban J connectivity index is 2.98. The maximum absolute atomic E-state index is 12.3. The van der Waals surface area contributed by atoms with Crippen LogP contribution in [0.15, 0.2) is 6.07 Å². The molecule has 0 unspecified atom stereocenters. The molecule has 0 aliphatic carbocycles. The van der Waals surface area contributed by atoms with Crippen LogP contribution in [-0.4, -0.2) is 20.9 Å². The molecule has 0 radical (unpaired) electrons. The summed E-state index contributed by atoms with van der Waals surface area (Å²) in [6.45, 7) is 2.97. The fourth-order valence-electron chi connectivity index (χ4n) is 1.41. The number of aryl methyl sites for hydroxylation is 1. The molecule has 7 heteroatoms. The Morgan fingerprint density at radius 3 is 2.56 bits per heavy atom. The number of aliphatic carboxylic acids is 1. The van der Waals surface area contributed by atoms with Crippen LogP contribution in [0.25, 0.3) is 0 Å². The van der Waals surface area contributed by atoms with Gasteiger partial charge >= 0.3 is 12.1 Å². The van der Waals surface area contributed by atoms with Gasteiger partial charge in [-0.25, -0.2) is 0 Å². The summed E-state index contributed by atoms with van der Waals surface area (Å²) < 4.78 is 38.0. The van der Waals surface area contributed by atoms with Gasteiger partial charge in [-0.1, -0.05) is 0 Å². The predicted molar refractivity (Wildman–Crippen MR) is 48.9 cm³/mol. The smallest absolute Gasteiger partial charge is 0.435 e. The van der Waals surface area contributed by atoms with Crippen molar-refractivity contribution in [2.45, 2.75) is 32.5 Å². The minimum Gasteiger partial charge on any atom is -0.481 e. The van der Waals surface area contributed by atoms with E-state index in [0.717, 1.165) is 10.7 Å². The van der Waals surface area contributed by atoms with E-state index in [-0.39, 0.29) is 6.42 Å². The summed E-state index contributed by atoms with van der Waals surface area (Å²) in [5.41, 5.74) is -0.705. The van der Waals surface area contributed by atoms with Crippen molar-refractivity contribution in [3.63, 3.8) is 0 Å². The van der Waals surface area contributed by atoms with Gasteiger partial charge in [-0.3, -0.25) is 9.48 Å². The number of hydrogen-bond acceptors (Lipinski definition) is 2. The van der Waals surface area contributed by atoms with Gasteiger partial charge < -0.3 is 5.11 Å². The van der Waals surface area contributed by atoms with Crippen LogP contribution >= 0.6 is 0 Å². The molecule has 0 aliphatic heterocycles. The van der Waals surface area contributed by atoms with E-state index in [4.69, 9.17) is 5.11 Å². The standard InChI is InChI=1S/C9H11F3N2O2/c1-5-3-7(9(10,11)12)13-14(5)6(2)4-8(15)16/h3,6H,4H2,1-2H3,(H,15,16)/t6-/m1/s1. The van der Waals surface area contributed by atoms with Crippen molar-refractivity contribution < 1.29 is 23.1 Å². The van der Waals surface area contributed by atoms with Crippen LogP contribution in [0.5, 0.6) is 0 Å². The average Bonchev–Trinajstić information content (AvgIpc) is 2.44. The summed E-state index contributed by atoms with van der Waals surface area (Å²) in [7, 11) is 0. The molecule has 0 aliphatic rings. The van der Waals surface area contributed by atoms with Crippen LogP contribution in [0.3, 0.4) is 0 Å². The van der Waals surface area contributed by atoms with Gasteiger partial charge in [-0.15, -0.1) is 0 Å². The zero-order valence-electron chi connectivity index (χ0n) is 8.75. The van der Waals surface area contributed by atoms with E-state index in [2.05, 4.69) is 5.10 Å². The van der Waals surface area contributed by atoms with Crippen LogP contribution in [-0.2, 0) is 11.0 Å². The quantitative estimate of drug-likeness (QED) is 0.875. The highest BCUT2D eigenvalue weighted by molar-refractivity contribution is 5.67. The fraction of sp³-hybridized carbons (Fsp3) is 0.556. The normalized spacial score (nSPS) is 13.8. The molecule has 0 bridgehead atoms. The Bertz CT molecular complexity index is 398. The summed E-state index contributed by atoms with van der Waals surface area (Å²) in [6.07, 6.45) is -4.77. The van der Waals surface area contributed by atoms with Crippen LogP contribution in [0.2, 0.25) is 0 Å². The van der Waals surface area contributed by atoms with Gasteiger partial charge in [0, 0.05) is 5.69 Å². The molecule has 0 fully saturated rings. The number of aromatic nitrogens is 2. The highest BCUT2D eigenvalue weighted by atomic mass is 19.4. The molecular weight excluding hydrogens is 225 g/mol. The molecule has 1 heterocycles. The number of rotatable bonds is 3. The van der Waals surface area contributed by atoms with Gasteiger partial charge in [-0.05, 0) is 19.9 Å². The highest BCUT2D eigenvalue weighted by Gasteiger charge is 2.34. The molecule has 0 saturated heterocycles. The zero-order valence-corrected chi connectivity index (χ0v) is 8.75. The molecule has 0 amide bonds. The van der Waals surface area contributed by atoms with E-state index in [1.807, 2.05) is 0 Å². The molecule has 1 rings (SSSR count). The van der Waals surface area contributed by atoms with Crippen molar-refractivity contribution in [3.8, 4) is 0 Å². The average molecular weight is 236 g/mol. The number of carboxylic acid groups (broad SMARTS) is 1. The molecule has 1 aromatic heterocycles. The topological polar surface area (TPSA) is 55.1 Å². The lowest BCUT2D eigenvalue weighted by Gasteiger charge is -2.11. The number of alkyl halides is 3. The summed E-state index contributed by atoms with van der Waals surface area (Å²) in [5, 5.41) is 11.9. The third kappa shape index (κ3) is 2.74. The number of nitrogens with zero attached hydrogens (tertiary/aromatic N) is 2. The summed E-state index contributed by atoms with van der Waals surface area (Å²) in [4.78, 5) is 10.4. The van der Waals surface area contributed by atoms with Crippen LogP contribution in [0.1, 0.15) is 30.8 Å². The second-order valence-corrected chi connectivity index (χ2v) is 3.56. The second-order valence-electron chi connectivity index (χ2n) is 3.56. The molecule has 0 spiro atoms. The summed E-state index contributed by atoms with van der Waals surface area (Å²) in [6, 6.07) is 0.298. The first kappa shape index (κ1) is 12.5. The van der Waals surface area contributed by atoms with Crippen molar-refractivity contribution >= 4 is 5.97 Å². The van der Waals surface area contributed by atoms with Gasteiger partial charge in [-0.2, -0.15) is 18.3 Å². The Morgan fingerprint density at radius 1 is 1.62 bits per heavy atom. The lowest BCUT2D eigenvalue weighted by molar-refractivity contribution is -0.141. The summed E-state index contributed by atoms with van der Waals surface area (Å²) >= 11 is 0. The first-order valence-corrected chi connectivity index (χ1v) is 4.57. The van der Waals surface area contributed by atoms with Crippen molar-refractivity contribution in [3.05, 3.63) is 17.5 Å². The van der Waals surface area contributed by atoms with E-state index in [1.54, 1.807) is 0 Å². The van der Waals surface area contributed by atoms with Crippen LogP contribution in [0, 0.1) is 6.92 Å². The lowest BCUT2D eigenvalue weighted by atomic mass is 10.2. The molecule has 0 aromatic carbocycles. The number of hydrogen-bond donors (Lipinski definition) is 1. The number of carbonyl (C=O) groups is 1. The molecule has 90 valence electrons. The van der Waals surface area contributed by atoms with Crippen molar-refractivity contribution in [1.82, 2.24) is 9.78 Å². The van der Waals surface area contributed by atoms with E-state index < -0.39 is 23.9 Å². The molecule has 4 nitrogen and oxygen atoms in total. The zero-order chi connectivity index (χ0) is 12.5.